The predicted octanol–water partition coefficient (Wildman–Crippen LogP) is 5.16. The number of thiazole rings is 1. The summed E-state index contributed by atoms with van der Waals surface area (Å²) in [6.07, 6.45) is 5.13. The van der Waals surface area contributed by atoms with Gasteiger partial charge in [0, 0.05) is 36.2 Å². The summed E-state index contributed by atoms with van der Waals surface area (Å²) < 4.78 is 28.4. The number of piperidine rings is 1. The van der Waals surface area contributed by atoms with Crippen molar-refractivity contribution in [3.8, 4) is 10.7 Å². The number of hydrogen-bond donors (Lipinski definition) is 2. The van der Waals surface area contributed by atoms with Crippen LogP contribution in [0.5, 0.6) is 0 Å². The molecule has 0 saturated carbocycles. The maximum absolute atomic E-state index is 13.3. The third kappa shape index (κ3) is 5.03. The van der Waals surface area contributed by atoms with E-state index < -0.39 is 10.0 Å². The average molecular weight is 531 g/mol. The number of aliphatic hydroxyl groups excluding tert-OH is 1. The van der Waals surface area contributed by atoms with Crippen LogP contribution in [-0.2, 0) is 16.6 Å². The molecule has 5 rings (SSSR count). The van der Waals surface area contributed by atoms with Crippen LogP contribution in [0.4, 0.5) is 5.69 Å². The second-order valence-corrected chi connectivity index (χ2v) is 13.0. The monoisotopic (exact) mass is 530 g/mol. The van der Waals surface area contributed by atoms with Gasteiger partial charge >= 0.3 is 0 Å². The zero-order valence-corrected chi connectivity index (χ0v) is 22.1. The van der Waals surface area contributed by atoms with E-state index in [0.717, 1.165) is 60.5 Å². The molecule has 0 atom stereocenters. The van der Waals surface area contributed by atoms with E-state index in [4.69, 9.17) is 0 Å². The molecule has 1 aromatic carbocycles. The fourth-order valence-corrected chi connectivity index (χ4v) is 8.31. The number of benzene rings is 1. The van der Waals surface area contributed by atoms with Crippen molar-refractivity contribution in [2.45, 2.75) is 36.9 Å². The number of para-hydroxylation sites is 1. The summed E-state index contributed by atoms with van der Waals surface area (Å²) in [6, 6.07) is 11.2. The van der Waals surface area contributed by atoms with E-state index in [-0.39, 0.29) is 6.61 Å². The Bertz CT molecular complexity index is 1370. The minimum atomic E-state index is -3.63. The zero-order valence-electron chi connectivity index (χ0n) is 19.7. The Labute approximate surface area is 214 Å². The van der Waals surface area contributed by atoms with Crippen molar-refractivity contribution in [3.63, 3.8) is 0 Å². The van der Waals surface area contributed by atoms with Crippen LogP contribution in [0.2, 0.25) is 0 Å². The Balaban J connectivity index is 1.38. The third-order valence-corrected chi connectivity index (χ3v) is 10.9. The van der Waals surface area contributed by atoms with Crippen LogP contribution in [0.3, 0.4) is 0 Å². The molecule has 4 aromatic rings. The number of aromatic nitrogens is 2. The average Bonchev–Trinajstić information content (AvgIpc) is 3.62. The van der Waals surface area contributed by atoms with E-state index in [2.05, 4.69) is 14.9 Å². The molecule has 35 heavy (non-hydrogen) atoms. The van der Waals surface area contributed by atoms with Gasteiger partial charge in [-0.3, -0.25) is 9.21 Å². The summed E-state index contributed by atoms with van der Waals surface area (Å²) in [7, 11) is -3.63. The van der Waals surface area contributed by atoms with Crippen LogP contribution in [0, 0.1) is 5.92 Å². The van der Waals surface area contributed by atoms with Crippen molar-refractivity contribution in [2.24, 2.45) is 5.92 Å². The fraction of sp³-hybridized carbons (Fsp3) is 0.400. The summed E-state index contributed by atoms with van der Waals surface area (Å²) in [5.41, 5.74) is 2.34. The van der Waals surface area contributed by atoms with Gasteiger partial charge in [0.2, 0.25) is 0 Å². The number of sulfonamides is 1. The van der Waals surface area contributed by atoms with Gasteiger partial charge in [-0.05, 0) is 68.8 Å². The van der Waals surface area contributed by atoms with E-state index in [0.29, 0.717) is 22.4 Å². The summed E-state index contributed by atoms with van der Waals surface area (Å²) >= 11 is 2.91. The number of fused-ring (bicyclic) bond motifs is 1. The largest absolute Gasteiger partial charge is 0.396 e. The number of aliphatic hydroxyl groups is 1. The van der Waals surface area contributed by atoms with Gasteiger partial charge in [0.05, 0.1) is 16.9 Å². The number of rotatable bonds is 9. The number of H-pyrrole nitrogens is 1. The second-order valence-electron chi connectivity index (χ2n) is 8.89. The minimum Gasteiger partial charge on any atom is -0.396 e. The van der Waals surface area contributed by atoms with Crippen molar-refractivity contribution < 1.29 is 13.5 Å². The second kappa shape index (κ2) is 10.4. The zero-order chi connectivity index (χ0) is 24.4. The van der Waals surface area contributed by atoms with Crippen molar-refractivity contribution >= 4 is 49.3 Å². The molecule has 2 N–H and O–H groups in total. The molecule has 7 nitrogen and oxygen atoms in total. The normalized spacial score (nSPS) is 15.7. The van der Waals surface area contributed by atoms with Crippen LogP contribution in [0.25, 0.3) is 21.6 Å². The molecule has 1 saturated heterocycles. The molecule has 1 aliphatic rings. The summed E-state index contributed by atoms with van der Waals surface area (Å²) in [6.45, 7) is 5.47. The molecular formula is C25H30N4O3S3. The maximum atomic E-state index is 13.3. The molecule has 0 unspecified atom stereocenters. The van der Waals surface area contributed by atoms with Gasteiger partial charge in [0.25, 0.3) is 10.0 Å². The van der Waals surface area contributed by atoms with Crippen molar-refractivity contribution in [1.82, 2.24) is 14.9 Å². The van der Waals surface area contributed by atoms with Crippen LogP contribution >= 0.6 is 22.7 Å². The van der Waals surface area contributed by atoms with Crippen LogP contribution in [0.1, 0.15) is 31.1 Å². The van der Waals surface area contributed by atoms with Crippen LogP contribution in [0.15, 0.2) is 52.2 Å². The van der Waals surface area contributed by atoms with Gasteiger partial charge < -0.3 is 10.1 Å². The van der Waals surface area contributed by atoms with E-state index in [9.17, 15) is 13.5 Å². The van der Waals surface area contributed by atoms with Gasteiger partial charge in [-0.2, -0.15) is 0 Å². The minimum absolute atomic E-state index is 0.283. The molecule has 10 heteroatoms. The van der Waals surface area contributed by atoms with Gasteiger partial charge in [-0.1, -0.05) is 18.2 Å². The molecule has 3 aromatic heterocycles. The smallest absolute Gasteiger partial charge is 0.273 e. The van der Waals surface area contributed by atoms with Crippen molar-refractivity contribution in [1.29, 1.82) is 0 Å². The first-order valence-corrected chi connectivity index (χ1v) is 15.1. The van der Waals surface area contributed by atoms with Crippen molar-refractivity contribution in [2.75, 3.05) is 30.5 Å². The summed E-state index contributed by atoms with van der Waals surface area (Å²) in [5.74, 6) is 0.639. The molecule has 0 radical (unpaired) electrons. The van der Waals surface area contributed by atoms with Crippen LogP contribution in [-0.4, -0.2) is 54.6 Å². The number of aromatic amines is 1. The number of thiophene rings is 1. The van der Waals surface area contributed by atoms with E-state index >= 15 is 0 Å². The standard InChI is InChI=1S/C25H30N4O3S3/c1-2-29(35(31,32)23-7-4-14-33-23)22-6-3-5-19-15-21(27-24(19)22)25-26-16-20(34-25)17-28-11-8-18(9-12-28)10-13-30/h3-7,14-16,18,27,30H,2,8-13,17H2,1H3. The molecular weight excluding hydrogens is 501 g/mol. The summed E-state index contributed by atoms with van der Waals surface area (Å²) in [4.78, 5) is 11.8. The van der Waals surface area contributed by atoms with Gasteiger partial charge in [-0.15, -0.1) is 22.7 Å². The Morgan fingerprint density at radius 1 is 1.23 bits per heavy atom. The molecule has 0 spiro atoms. The number of anilines is 1. The Kier molecular flexibility index (Phi) is 7.26. The van der Waals surface area contributed by atoms with Crippen LogP contribution < -0.4 is 4.31 Å². The number of likely N-dealkylation sites (tertiary alicyclic amines) is 1. The van der Waals surface area contributed by atoms with Crippen molar-refractivity contribution in [3.05, 3.63) is 52.9 Å². The Morgan fingerprint density at radius 2 is 2.06 bits per heavy atom. The van der Waals surface area contributed by atoms with Gasteiger partial charge in [-0.25, -0.2) is 13.4 Å². The number of nitrogens with zero attached hydrogens (tertiary/aromatic N) is 3. The van der Waals surface area contributed by atoms with Gasteiger partial charge in [0.15, 0.2) is 0 Å². The lowest BCUT2D eigenvalue weighted by molar-refractivity contribution is 0.154. The Hall–Kier alpha value is -2.24. The van der Waals surface area contributed by atoms with Gasteiger partial charge in [0.1, 0.15) is 9.22 Å². The lowest BCUT2D eigenvalue weighted by Gasteiger charge is -2.31. The predicted molar refractivity (Wildman–Crippen MR) is 144 cm³/mol. The highest BCUT2D eigenvalue weighted by atomic mass is 32.2. The molecule has 1 fully saturated rings. The first-order valence-electron chi connectivity index (χ1n) is 12.0. The van der Waals surface area contributed by atoms with E-state index in [1.54, 1.807) is 28.8 Å². The summed E-state index contributed by atoms with van der Waals surface area (Å²) in [5, 5.41) is 12.8. The first kappa shape index (κ1) is 24.5. The Morgan fingerprint density at radius 3 is 2.77 bits per heavy atom. The molecule has 0 amide bonds. The maximum Gasteiger partial charge on any atom is 0.273 e. The van der Waals surface area contributed by atoms with E-state index in [1.165, 1.54) is 20.5 Å². The molecule has 1 aliphatic heterocycles. The first-order chi connectivity index (χ1) is 17.0. The van der Waals surface area contributed by atoms with E-state index in [1.807, 2.05) is 37.4 Å². The lowest BCUT2D eigenvalue weighted by atomic mass is 9.94. The number of nitrogens with one attached hydrogen (secondary N) is 1. The highest BCUT2D eigenvalue weighted by molar-refractivity contribution is 7.94. The topological polar surface area (TPSA) is 89.5 Å². The highest BCUT2D eigenvalue weighted by Crippen LogP contribution is 2.35. The molecule has 0 aliphatic carbocycles. The SMILES string of the molecule is CCN(c1cccc2cc(-c3ncc(CN4CCC(CCO)CC4)s3)[nH]c12)S(=O)(=O)c1cccs1. The quantitative estimate of drug-likeness (QED) is 0.312. The number of hydrogen-bond acceptors (Lipinski definition) is 7. The molecule has 4 heterocycles. The highest BCUT2D eigenvalue weighted by Gasteiger charge is 2.27. The lowest BCUT2D eigenvalue weighted by Crippen LogP contribution is -2.33. The fourth-order valence-electron chi connectivity index (χ4n) is 4.79. The third-order valence-electron chi connectivity index (χ3n) is 6.64. The molecule has 0 bridgehead atoms. The molecule has 186 valence electrons.